The van der Waals surface area contributed by atoms with Crippen LogP contribution in [0.4, 0.5) is 4.79 Å². The van der Waals surface area contributed by atoms with Gasteiger partial charge in [0, 0.05) is 45.2 Å². The zero-order valence-electron chi connectivity index (χ0n) is 17.8. The fraction of sp³-hybridized carbons (Fsp3) is 0.480. The van der Waals surface area contributed by atoms with E-state index >= 15 is 0 Å². The van der Waals surface area contributed by atoms with Crippen LogP contribution in [0, 0.1) is 0 Å². The predicted molar refractivity (Wildman–Crippen MR) is 118 cm³/mol. The van der Waals surface area contributed by atoms with Crippen molar-refractivity contribution in [2.75, 3.05) is 45.9 Å². The van der Waals surface area contributed by atoms with Crippen molar-refractivity contribution in [2.45, 2.75) is 31.0 Å². The van der Waals surface area contributed by atoms with Crippen molar-refractivity contribution in [2.24, 2.45) is 0 Å². The maximum atomic E-state index is 12.7. The molecule has 1 N–H and O–H groups in total. The van der Waals surface area contributed by atoms with Gasteiger partial charge >= 0.3 is 6.09 Å². The van der Waals surface area contributed by atoms with Crippen LogP contribution in [0.5, 0.6) is 0 Å². The van der Waals surface area contributed by atoms with E-state index < -0.39 is 6.10 Å². The summed E-state index contributed by atoms with van der Waals surface area (Å²) in [6.45, 7) is 4.43. The molecular formula is C25H30N2O4. The average molecular weight is 423 g/mol. The van der Waals surface area contributed by atoms with Crippen molar-refractivity contribution in [3.05, 3.63) is 59.7 Å². The summed E-state index contributed by atoms with van der Waals surface area (Å²) >= 11 is 0. The van der Waals surface area contributed by atoms with Crippen LogP contribution in [0.25, 0.3) is 11.1 Å². The van der Waals surface area contributed by atoms with E-state index in [4.69, 9.17) is 9.47 Å². The fourth-order valence-electron chi connectivity index (χ4n) is 5.09. The van der Waals surface area contributed by atoms with Gasteiger partial charge in [0.05, 0.1) is 12.2 Å². The third-order valence-corrected chi connectivity index (χ3v) is 6.81. The Morgan fingerprint density at radius 1 is 1.03 bits per heavy atom. The maximum absolute atomic E-state index is 12.7. The van der Waals surface area contributed by atoms with Gasteiger partial charge in [0.15, 0.2) is 0 Å². The quantitative estimate of drug-likeness (QED) is 0.802. The van der Waals surface area contributed by atoms with Crippen molar-refractivity contribution in [3.63, 3.8) is 0 Å². The van der Waals surface area contributed by atoms with E-state index in [9.17, 15) is 9.90 Å². The minimum Gasteiger partial charge on any atom is -0.448 e. The summed E-state index contributed by atoms with van der Waals surface area (Å²) in [5, 5.41) is 10.4. The van der Waals surface area contributed by atoms with Gasteiger partial charge in [-0.1, -0.05) is 48.5 Å². The smallest absolute Gasteiger partial charge is 0.409 e. The van der Waals surface area contributed by atoms with Crippen LogP contribution in [0.1, 0.15) is 29.9 Å². The monoisotopic (exact) mass is 422 g/mol. The number of nitrogens with zero attached hydrogens (tertiary/aromatic N) is 2. The SMILES string of the molecule is O=C(OCC1c2ccccc2-c2ccccc21)N1CCN(CC(O)C2CCCO2)CC1. The highest BCUT2D eigenvalue weighted by atomic mass is 16.6. The van der Waals surface area contributed by atoms with E-state index in [1.165, 1.54) is 22.3 Å². The Labute approximate surface area is 183 Å². The molecule has 1 aliphatic carbocycles. The van der Waals surface area contributed by atoms with E-state index in [2.05, 4.69) is 41.3 Å². The lowest BCUT2D eigenvalue weighted by molar-refractivity contribution is -0.0247. The molecule has 2 atom stereocenters. The van der Waals surface area contributed by atoms with Gasteiger partial charge in [0.2, 0.25) is 0 Å². The Balaban J connectivity index is 1.14. The molecule has 2 unspecified atom stereocenters. The number of benzene rings is 2. The van der Waals surface area contributed by atoms with Gasteiger partial charge in [0.1, 0.15) is 6.61 Å². The van der Waals surface area contributed by atoms with Crippen LogP contribution < -0.4 is 0 Å². The number of piperazine rings is 1. The minimum absolute atomic E-state index is 0.0415. The molecule has 164 valence electrons. The molecule has 5 rings (SSSR count). The van der Waals surface area contributed by atoms with Crippen LogP contribution in [0.15, 0.2) is 48.5 Å². The third-order valence-electron chi connectivity index (χ3n) is 6.81. The first-order chi connectivity index (χ1) is 15.2. The molecule has 2 aromatic rings. The molecule has 0 saturated carbocycles. The molecule has 2 aliphatic heterocycles. The highest BCUT2D eigenvalue weighted by Gasteiger charge is 2.31. The average Bonchev–Trinajstić information content (AvgIpc) is 3.45. The molecule has 2 fully saturated rings. The molecule has 0 radical (unpaired) electrons. The van der Waals surface area contributed by atoms with E-state index in [-0.39, 0.29) is 18.1 Å². The number of amides is 1. The normalized spacial score (nSPS) is 22.2. The van der Waals surface area contributed by atoms with E-state index in [1.54, 1.807) is 4.90 Å². The first-order valence-corrected chi connectivity index (χ1v) is 11.3. The number of carbonyl (C=O) groups excluding carboxylic acids is 1. The van der Waals surface area contributed by atoms with Crippen LogP contribution in [-0.2, 0) is 9.47 Å². The van der Waals surface area contributed by atoms with Crippen molar-refractivity contribution in [1.82, 2.24) is 9.80 Å². The first kappa shape index (κ1) is 20.5. The van der Waals surface area contributed by atoms with Crippen molar-refractivity contribution < 1.29 is 19.4 Å². The Bertz CT molecular complexity index is 874. The molecule has 0 spiro atoms. The Hall–Kier alpha value is -2.41. The number of ether oxygens (including phenoxy) is 2. The van der Waals surface area contributed by atoms with Crippen molar-refractivity contribution in [1.29, 1.82) is 0 Å². The van der Waals surface area contributed by atoms with Gasteiger partial charge < -0.3 is 19.5 Å². The zero-order chi connectivity index (χ0) is 21.2. The Morgan fingerprint density at radius 2 is 1.68 bits per heavy atom. The van der Waals surface area contributed by atoms with Gasteiger partial charge in [-0.3, -0.25) is 4.90 Å². The highest BCUT2D eigenvalue weighted by Crippen LogP contribution is 2.44. The lowest BCUT2D eigenvalue weighted by atomic mass is 9.98. The van der Waals surface area contributed by atoms with Crippen LogP contribution in [-0.4, -0.2) is 79.1 Å². The Morgan fingerprint density at radius 3 is 2.29 bits per heavy atom. The summed E-state index contributed by atoms with van der Waals surface area (Å²) in [5.41, 5.74) is 4.92. The topological polar surface area (TPSA) is 62.2 Å². The zero-order valence-corrected chi connectivity index (χ0v) is 17.8. The van der Waals surface area contributed by atoms with E-state index in [0.29, 0.717) is 26.2 Å². The number of rotatable bonds is 5. The predicted octanol–water partition coefficient (Wildman–Crippen LogP) is 3.09. The molecule has 3 aliphatic rings. The molecule has 1 amide bonds. The molecule has 0 bridgehead atoms. The van der Waals surface area contributed by atoms with E-state index in [0.717, 1.165) is 32.5 Å². The van der Waals surface area contributed by atoms with Crippen LogP contribution in [0.3, 0.4) is 0 Å². The second-order valence-electron chi connectivity index (χ2n) is 8.71. The third kappa shape index (κ3) is 4.20. The standard InChI is InChI=1S/C25H30N2O4/c28-23(24-10-5-15-30-24)16-26-11-13-27(14-12-26)25(29)31-17-22-20-8-3-1-6-18(20)19-7-2-4-9-21(19)22/h1-4,6-9,22-24,28H,5,10-17H2. The summed E-state index contributed by atoms with van der Waals surface area (Å²) in [6, 6.07) is 16.7. The van der Waals surface area contributed by atoms with Gasteiger partial charge in [-0.25, -0.2) is 4.79 Å². The van der Waals surface area contributed by atoms with Crippen molar-refractivity contribution >= 4 is 6.09 Å². The molecule has 2 aromatic carbocycles. The van der Waals surface area contributed by atoms with Gasteiger partial charge in [-0.05, 0) is 35.1 Å². The summed E-state index contributed by atoms with van der Waals surface area (Å²) < 4.78 is 11.4. The summed E-state index contributed by atoms with van der Waals surface area (Å²) in [6.07, 6.45) is 1.21. The number of aliphatic hydroxyl groups is 1. The van der Waals surface area contributed by atoms with Gasteiger partial charge in [0.25, 0.3) is 0 Å². The second-order valence-corrected chi connectivity index (χ2v) is 8.71. The largest absolute Gasteiger partial charge is 0.448 e. The first-order valence-electron chi connectivity index (χ1n) is 11.3. The Kier molecular flexibility index (Phi) is 5.94. The minimum atomic E-state index is -0.455. The molecule has 0 aromatic heterocycles. The maximum Gasteiger partial charge on any atom is 0.409 e. The summed E-state index contributed by atoms with van der Waals surface area (Å²) in [5.74, 6) is 0.0826. The van der Waals surface area contributed by atoms with Crippen LogP contribution >= 0.6 is 0 Å². The number of hydrogen-bond donors (Lipinski definition) is 1. The molecule has 31 heavy (non-hydrogen) atoms. The number of fused-ring (bicyclic) bond motifs is 3. The van der Waals surface area contributed by atoms with Gasteiger partial charge in [-0.15, -0.1) is 0 Å². The summed E-state index contributed by atoms with van der Waals surface area (Å²) in [7, 11) is 0. The number of aliphatic hydroxyl groups excluding tert-OH is 1. The number of carbonyl (C=O) groups is 1. The lowest BCUT2D eigenvalue weighted by Crippen LogP contribution is -2.51. The molecule has 6 nitrogen and oxygen atoms in total. The van der Waals surface area contributed by atoms with Gasteiger partial charge in [-0.2, -0.15) is 0 Å². The van der Waals surface area contributed by atoms with Crippen LogP contribution in [0.2, 0.25) is 0 Å². The lowest BCUT2D eigenvalue weighted by Gasteiger charge is -2.35. The fourth-order valence-corrected chi connectivity index (χ4v) is 5.09. The number of hydrogen-bond acceptors (Lipinski definition) is 5. The molecule has 6 heteroatoms. The number of β-amino-alcohol motifs (C(OH)–C–C–N with tert-alkyl or cyclic N) is 1. The van der Waals surface area contributed by atoms with E-state index in [1.807, 2.05) is 12.1 Å². The summed E-state index contributed by atoms with van der Waals surface area (Å²) in [4.78, 5) is 16.7. The molecule has 2 heterocycles. The molecular weight excluding hydrogens is 392 g/mol. The second kappa shape index (κ2) is 8.99. The van der Waals surface area contributed by atoms with Crippen molar-refractivity contribution in [3.8, 4) is 11.1 Å². The molecule has 2 saturated heterocycles. The highest BCUT2D eigenvalue weighted by molar-refractivity contribution is 5.79.